The predicted molar refractivity (Wildman–Crippen MR) is 133 cm³/mol. The zero-order valence-corrected chi connectivity index (χ0v) is 19.2. The van der Waals surface area contributed by atoms with Crippen LogP contribution in [0.25, 0.3) is 32.9 Å². The zero-order chi connectivity index (χ0) is 23.3. The van der Waals surface area contributed by atoms with Crippen LogP contribution in [0.3, 0.4) is 0 Å². The van der Waals surface area contributed by atoms with Crippen molar-refractivity contribution in [3.05, 3.63) is 95.0 Å². The maximum absolute atomic E-state index is 14.0. The van der Waals surface area contributed by atoms with Crippen LogP contribution in [-0.4, -0.2) is 12.4 Å². The van der Waals surface area contributed by atoms with Crippen molar-refractivity contribution in [2.75, 3.05) is 5.73 Å². The average Bonchev–Trinajstić information content (AvgIpc) is 3.16. The van der Waals surface area contributed by atoms with E-state index in [-0.39, 0.29) is 21.2 Å². The third kappa shape index (κ3) is 3.09. The third-order valence-corrected chi connectivity index (χ3v) is 7.89. The summed E-state index contributed by atoms with van der Waals surface area (Å²) in [5, 5.41) is 11.1. The molecular formula is C26H18ClN3O2S. The van der Waals surface area contributed by atoms with Gasteiger partial charge in [-0.15, -0.1) is 0 Å². The Kier molecular flexibility index (Phi) is 4.89. The maximum atomic E-state index is 14.0. The molecule has 0 aliphatic heterocycles. The number of halogens is 1. The Labute approximate surface area is 196 Å². The van der Waals surface area contributed by atoms with Gasteiger partial charge in [0.2, 0.25) is 0 Å². The Morgan fingerprint density at radius 2 is 1.58 bits per heavy atom. The van der Waals surface area contributed by atoms with Crippen molar-refractivity contribution >= 4 is 49.1 Å². The molecule has 2 N–H and O–H groups in total. The first-order valence-corrected chi connectivity index (χ1v) is 12.0. The molecule has 1 aromatic heterocycles. The third-order valence-electron chi connectivity index (χ3n) is 5.78. The second-order valence-corrected chi connectivity index (χ2v) is 9.94. The van der Waals surface area contributed by atoms with Gasteiger partial charge in [-0.2, -0.15) is 5.26 Å². The van der Waals surface area contributed by atoms with E-state index in [9.17, 15) is 13.7 Å². The molecule has 0 atom stereocenters. The summed E-state index contributed by atoms with van der Waals surface area (Å²) in [7, 11) is -4.03. The molecule has 0 fully saturated rings. The smallest absolute Gasteiger partial charge is 0.268 e. The van der Waals surface area contributed by atoms with E-state index in [1.165, 1.54) is 3.97 Å². The van der Waals surface area contributed by atoms with Crippen molar-refractivity contribution in [3.8, 4) is 17.2 Å². The topological polar surface area (TPSA) is 88.9 Å². The molecule has 5 rings (SSSR count). The van der Waals surface area contributed by atoms with E-state index in [1.807, 2.05) is 43.3 Å². The molecular weight excluding hydrogens is 454 g/mol. The molecule has 0 unspecified atom stereocenters. The number of para-hydroxylation sites is 1. The van der Waals surface area contributed by atoms with Crippen LogP contribution in [0, 0.1) is 18.3 Å². The fourth-order valence-corrected chi connectivity index (χ4v) is 6.10. The fourth-order valence-electron chi connectivity index (χ4n) is 4.23. The van der Waals surface area contributed by atoms with Gasteiger partial charge >= 0.3 is 0 Å². The molecule has 0 aliphatic rings. The van der Waals surface area contributed by atoms with Gasteiger partial charge in [0.05, 0.1) is 32.2 Å². The van der Waals surface area contributed by atoms with E-state index >= 15 is 0 Å². The number of nitrogens with zero attached hydrogens (tertiary/aromatic N) is 2. The summed E-state index contributed by atoms with van der Waals surface area (Å²) in [6.07, 6.45) is 0. The number of aromatic nitrogens is 1. The lowest BCUT2D eigenvalue weighted by Gasteiger charge is -2.15. The van der Waals surface area contributed by atoms with E-state index in [2.05, 4.69) is 6.07 Å². The van der Waals surface area contributed by atoms with Crippen molar-refractivity contribution in [1.82, 2.24) is 3.97 Å². The zero-order valence-electron chi connectivity index (χ0n) is 17.6. The highest BCUT2D eigenvalue weighted by Gasteiger charge is 2.29. The number of fused-ring (bicyclic) bond motifs is 3. The van der Waals surface area contributed by atoms with Crippen LogP contribution < -0.4 is 5.73 Å². The molecule has 0 spiro atoms. The van der Waals surface area contributed by atoms with E-state index < -0.39 is 10.0 Å². The Morgan fingerprint density at radius 3 is 2.24 bits per heavy atom. The number of nitrogens with two attached hydrogens (primary N) is 1. The summed E-state index contributed by atoms with van der Waals surface area (Å²) >= 11 is 6.73. The van der Waals surface area contributed by atoms with Gasteiger partial charge in [0.15, 0.2) is 0 Å². The van der Waals surface area contributed by atoms with Gasteiger partial charge < -0.3 is 5.73 Å². The molecule has 162 valence electrons. The number of aryl methyl sites for hydroxylation is 1. The van der Waals surface area contributed by atoms with Crippen LogP contribution in [0.1, 0.15) is 11.1 Å². The largest absolute Gasteiger partial charge is 0.397 e. The van der Waals surface area contributed by atoms with Gasteiger partial charge in [0.1, 0.15) is 6.07 Å². The quantitative estimate of drug-likeness (QED) is 0.321. The van der Waals surface area contributed by atoms with Gasteiger partial charge in [-0.25, -0.2) is 12.4 Å². The van der Waals surface area contributed by atoms with Crippen molar-refractivity contribution in [3.63, 3.8) is 0 Å². The van der Waals surface area contributed by atoms with Crippen LogP contribution in [0.2, 0.25) is 5.02 Å². The Balaban J connectivity index is 2.07. The van der Waals surface area contributed by atoms with Gasteiger partial charge in [0, 0.05) is 16.3 Å². The lowest BCUT2D eigenvalue weighted by atomic mass is 9.97. The van der Waals surface area contributed by atoms with E-state index in [1.54, 1.807) is 42.5 Å². The van der Waals surface area contributed by atoms with E-state index in [0.29, 0.717) is 32.9 Å². The Bertz CT molecular complexity index is 1700. The summed E-state index contributed by atoms with van der Waals surface area (Å²) in [5.74, 6) is 0. The first-order valence-electron chi connectivity index (χ1n) is 10.2. The molecule has 0 bridgehead atoms. The number of anilines is 1. The molecule has 33 heavy (non-hydrogen) atoms. The molecule has 5 aromatic rings. The first-order chi connectivity index (χ1) is 15.9. The summed E-state index contributed by atoms with van der Waals surface area (Å²) < 4.78 is 29.3. The van der Waals surface area contributed by atoms with E-state index in [4.69, 9.17) is 17.3 Å². The van der Waals surface area contributed by atoms with Crippen molar-refractivity contribution in [2.45, 2.75) is 11.8 Å². The van der Waals surface area contributed by atoms with E-state index in [0.717, 1.165) is 5.56 Å². The standard InChI is InChI=1S/C26H18ClN3O2S/c1-16-11-13-18(14-12-16)33(31,32)30-21-10-6-5-9-19(21)23-25(29)20(15-28)24(27)22(26(23)30)17-7-3-2-4-8-17/h2-14H,29H2,1H3. The number of hydrogen-bond donors (Lipinski definition) is 1. The van der Waals surface area contributed by atoms with Crippen molar-refractivity contribution in [2.24, 2.45) is 0 Å². The highest BCUT2D eigenvalue weighted by atomic mass is 35.5. The SMILES string of the molecule is Cc1ccc(S(=O)(=O)n2c3ccccc3c3c(N)c(C#N)c(Cl)c(-c4ccccc4)c32)cc1. The number of nitriles is 1. The monoisotopic (exact) mass is 471 g/mol. The average molecular weight is 472 g/mol. The Hall–Kier alpha value is -3.79. The van der Waals surface area contributed by atoms with Crippen LogP contribution >= 0.6 is 11.6 Å². The number of nitrogen functional groups attached to an aromatic ring is 1. The highest BCUT2D eigenvalue weighted by molar-refractivity contribution is 7.90. The van der Waals surface area contributed by atoms with Gasteiger partial charge in [-0.3, -0.25) is 0 Å². The first kappa shape index (κ1) is 21.1. The van der Waals surface area contributed by atoms with Crippen molar-refractivity contribution in [1.29, 1.82) is 5.26 Å². The predicted octanol–water partition coefficient (Wildman–Crippen LogP) is 6.11. The number of rotatable bonds is 3. The molecule has 5 nitrogen and oxygen atoms in total. The molecule has 0 saturated heterocycles. The molecule has 0 aliphatic carbocycles. The normalized spacial score (nSPS) is 11.7. The molecule has 1 heterocycles. The molecule has 7 heteroatoms. The summed E-state index contributed by atoms with van der Waals surface area (Å²) in [5.41, 5.74) is 9.63. The molecule has 0 saturated carbocycles. The summed E-state index contributed by atoms with van der Waals surface area (Å²) in [4.78, 5) is 0.147. The summed E-state index contributed by atoms with van der Waals surface area (Å²) in [6, 6.07) is 25.1. The molecule has 0 radical (unpaired) electrons. The fraction of sp³-hybridized carbons (Fsp3) is 0.0385. The molecule has 0 amide bonds. The number of benzene rings is 4. The van der Waals surface area contributed by atoms with Crippen molar-refractivity contribution < 1.29 is 8.42 Å². The lowest BCUT2D eigenvalue weighted by molar-refractivity contribution is 0.590. The van der Waals surface area contributed by atoms with Crippen LogP contribution in [0.15, 0.2) is 83.8 Å². The number of hydrogen-bond acceptors (Lipinski definition) is 4. The lowest BCUT2D eigenvalue weighted by Crippen LogP contribution is -2.13. The highest BCUT2D eigenvalue weighted by Crippen LogP contribution is 2.46. The minimum Gasteiger partial charge on any atom is -0.397 e. The van der Waals surface area contributed by atoms with Crippen LogP contribution in [0.5, 0.6) is 0 Å². The second kappa shape index (κ2) is 7.66. The minimum absolute atomic E-state index is 0.122. The van der Waals surface area contributed by atoms with Gasteiger partial charge in [-0.05, 0) is 30.7 Å². The maximum Gasteiger partial charge on any atom is 0.268 e. The minimum atomic E-state index is -4.03. The Morgan fingerprint density at radius 1 is 0.939 bits per heavy atom. The van der Waals surface area contributed by atoms with Crippen LogP contribution in [0.4, 0.5) is 5.69 Å². The molecule has 4 aromatic carbocycles. The summed E-state index contributed by atoms with van der Waals surface area (Å²) in [6.45, 7) is 1.90. The van der Waals surface area contributed by atoms with Gasteiger partial charge in [-0.1, -0.05) is 77.8 Å². The van der Waals surface area contributed by atoms with Gasteiger partial charge in [0.25, 0.3) is 10.0 Å². The second-order valence-electron chi connectivity index (χ2n) is 7.78. The van der Waals surface area contributed by atoms with Crippen LogP contribution in [-0.2, 0) is 10.0 Å².